The molecule has 1 aliphatic rings. The van der Waals surface area contributed by atoms with Crippen LogP contribution in [0.3, 0.4) is 0 Å². The zero-order valence-electron chi connectivity index (χ0n) is 25.1. The van der Waals surface area contributed by atoms with Crippen LogP contribution in [0, 0.1) is 25.7 Å². The van der Waals surface area contributed by atoms with E-state index in [2.05, 4.69) is 10.6 Å². The first kappa shape index (κ1) is 32.1. The Labute approximate surface area is 233 Å². The summed E-state index contributed by atoms with van der Waals surface area (Å²) < 4.78 is 10.4. The minimum Gasteiger partial charge on any atom is -0.466 e. The van der Waals surface area contributed by atoms with Crippen LogP contribution in [0.15, 0.2) is 18.2 Å². The van der Waals surface area contributed by atoms with E-state index in [-0.39, 0.29) is 49.3 Å². The third-order valence-corrected chi connectivity index (χ3v) is 7.14. The van der Waals surface area contributed by atoms with Crippen LogP contribution in [0.4, 0.5) is 4.79 Å². The average Bonchev–Trinajstić information content (AvgIpc) is 3.56. The number of carbonyl (C=O) groups is 4. The maximum atomic E-state index is 14.3. The number of nitrogens with zero attached hydrogens (tertiary/aromatic N) is 1. The number of benzene rings is 1. The van der Waals surface area contributed by atoms with Gasteiger partial charge in [0.1, 0.15) is 17.7 Å². The highest BCUT2D eigenvalue weighted by Crippen LogP contribution is 2.41. The molecular formula is C30H47N3O6. The number of amides is 3. The Morgan fingerprint density at radius 1 is 1.10 bits per heavy atom. The van der Waals surface area contributed by atoms with Crippen LogP contribution in [0.5, 0.6) is 0 Å². The average molecular weight is 546 g/mol. The molecule has 0 bridgehead atoms. The second kappa shape index (κ2) is 13.8. The van der Waals surface area contributed by atoms with Crippen LogP contribution < -0.4 is 10.6 Å². The van der Waals surface area contributed by atoms with E-state index < -0.39 is 29.7 Å². The minimum atomic E-state index is -0.930. The predicted octanol–water partition coefficient (Wildman–Crippen LogP) is 4.59. The Morgan fingerprint density at radius 2 is 1.74 bits per heavy atom. The van der Waals surface area contributed by atoms with E-state index >= 15 is 0 Å². The summed E-state index contributed by atoms with van der Waals surface area (Å²) in [5.41, 5.74) is 2.03. The molecule has 5 unspecified atom stereocenters. The lowest BCUT2D eigenvalue weighted by molar-refractivity contribution is -0.145. The van der Waals surface area contributed by atoms with Gasteiger partial charge in [-0.3, -0.25) is 14.4 Å². The molecule has 0 radical (unpaired) electrons. The third kappa shape index (κ3) is 9.25. The highest BCUT2D eigenvalue weighted by atomic mass is 16.6. The number of hydrogen-bond donors (Lipinski definition) is 2. The van der Waals surface area contributed by atoms with Gasteiger partial charge in [0.05, 0.1) is 13.0 Å². The summed E-state index contributed by atoms with van der Waals surface area (Å²) in [4.78, 5) is 54.3. The number of carbonyl (C=O) groups excluding carboxylic acids is 4. The summed E-state index contributed by atoms with van der Waals surface area (Å²) in [5.74, 6) is -1.10. The lowest BCUT2D eigenvalue weighted by atomic mass is 9.94. The fourth-order valence-electron chi connectivity index (χ4n) is 4.44. The van der Waals surface area contributed by atoms with Crippen LogP contribution in [-0.2, 0) is 23.9 Å². The molecule has 2 N–H and O–H groups in total. The van der Waals surface area contributed by atoms with E-state index in [0.717, 1.165) is 17.5 Å². The molecule has 9 heteroatoms. The Hall–Kier alpha value is -3.10. The Morgan fingerprint density at radius 3 is 2.26 bits per heavy atom. The zero-order valence-corrected chi connectivity index (χ0v) is 25.1. The van der Waals surface area contributed by atoms with Crippen LogP contribution in [-0.4, -0.2) is 59.6 Å². The van der Waals surface area contributed by atoms with Crippen molar-refractivity contribution in [3.05, 3.63) is 34.9 Å². The molecule has 1 aliphatic carbocycles. The van der Waals surface area contributed by atoms with Gasteiger partial charge in [-0.1, -0.05) is 45.4 Å². The van der Waals surface area contributed by atoms with Crippen molar-refractivity contribution >= 4 is 23.9 Å². The van der Waals surface area contributed by atoms with Crippen LogP contribution in [0.2, 0.25) is 0 Å². The van der Waals surface area contributed by atoms with E-state index in [1.165, 1.54) is 0 Å². The molecule has 0 heterocycles. The number of aryl methyl sites for hydroxylation is 2. The molecule has 218 valence electrons. The van der Waals surface area contributed by atoms with Gasteiger partial charge in [-0.05, 0) is 76.5 Å². The van der Waals surface area contributed by atoms with Gasteiger partial charge in [0.2, 0.25) is 11.8 Å². The molecular weight excluding hydrogens is 498 g/mol. The van der Waals surface area contributed by atoms with E-state index in [1.54, 1.807) is 32.6 Å². The summed E-state index contributed by atoms with van der Waals surface area (Å²) in [6.45, 7) is 17.2. The number of esters is 1. The van der Waals surface area contributed by atoms with Crippen molar-refractivity contribution in [1.29, 1.82) is 0 Å². The van der Waals surface area contributed by atoms with Crippen molar-refractivity contribution in [2.75, 3.05) is 13.2 Å². The normalized spacial score (nSPS) is 18.8. The molecule has 2 rings (SSSR count). The lowest BCUT2D eigenvalue weighted by Gasteiger charge is -2.36. The number of hydrogen-bond acceptors (Lipinski definition) is 6. The summed E-state index contributed by atoms with van der Waals surface area (Å²) in [6.07, 6.45) is 0.748. The summed E-state index contributed by atoms with van der Waals surface area (Å²) in [5, 5.41) is 5.64. The summed E-state index contributed by atoms with van der Waals surface area (Å²) in [7, 11) is 0. The summed E-state index contributed by atoms with van der Waals surface area (Å²) in [6, 6.07) is 3.77. The van der Waals surface area contributed by atoms with Crippen molar-refractivity contribution in [2.24, 2.45) is 11.8 Å². The van der Waals surface area contributed by atoms with Crippen molar-refractivity contribution in [3.8, 4) is 0 Å². The van der Waals surface area contributed by atoms with Gasteiger partial charge in [-0.15, -0.1) is 0 Å². The molecule has 9 nitrogen and oxygen atoms in total. The molecule has 1 aromatic rings. The van der Waals surface area contributed by atoms with E-state index in [9.17, 15) is 19.2 Å². The molecule has 0 aliphatic heterocycles. The van der Waals surface area contributed by atoms with Gasteiger partial charge in [0.25, 0.3) is 0 Å². The largest absolute Gasteiger partial charge is 0.466 e. The van der Waals surface area contributed by atoms with Crippen LogP contribution in [0.1, 0.15) is 90.5 Å². The van der Waals surface area contributed by atoms with E-state index in [1.807, 2.05) is 52.8 Å². The maximum Gasteiger partial charge on any atom is 0.408 e. The molecule has 1 fully saturated rings. The van der Waals surface area contributed by atoms with Gasteiger partial charge in [0, 0.05) is 12.6 Å². The Bertz CT molecular complexity index is 1030. The predicted molar refractivity (Wildman–Crippen MR) is 150 cm³/mol. The molecule has 1 saturated carbocycles. The molecule has 0 aromatic heterocycles. The number of rotatable bonds is 12. The smallest absolute Gasteiger partial charge is 0.408 e. The summed E-state index contributed by atoms with van der Waals surface area (Å²) >= 11 is 0. The highest BCUT2D eigenvalue weighted by Gasteiger charge is 2.48. The second-order valence-electron chi connectivity index (χ2n) is 11.6. The van der Waals surface area contributed by atoms with E-state index in [0.29, 0.717) is 12.0 Å². The van der Waals surface area contributed by atoms with Gasteiger partial charge < -0.3 is 25.0 Å². The van der Waals surface area contributed by atoms with Crippen LogP contribution in [0.25, 0.3) is 0 Å². The fourth-order valence-corrected chi connectivity index (χ4v) is 4.44. The second-order valence-corrected chi connectivity index (χ2v) is 11.6. The van der Waals surface area contributed by atoms with Gasteiger partial charge in [0.15, 0.2) is 0 Å². The maximum absolute atomic E-state index is 14.3. The molecule has 5 atom stereocenters. The highest BCUT2D eigenvalue weighted by molar-refractivity contribution is 5.93. The number of ether oxygens (including phenoxy) is 2. The number of nitrogens with one attached hydrogen (secondary N) is 2. The third-order valence-electron chi connectivity index (χ3n) is 7.14. The topological polar surface area (TPSA) is 114 Å². The molecule has 0 spiro atoms. The van der Waals surface area contributed by atoms with Gasteiger partial charge in [-0.2, -0.15) is 0 Å². The SMILES string of the molecule is CCOC(=O)CCNC(=O)C(c1ccc(C)c(C)c1)N(C(=O)C(NC(=O)OC(C)(C)C)C(C)CC)C1CC1C. The van der Waals surface area contributed by atoms with Gasteiger partial charge in [-0.25, -0.2) is 4.79 Å². The van der Waals surface area contributed by atoms with Crippen molar-refractivity contribution in [2.45, 2.75) is 105 Å². The monoisotopic (exact) mass is 545 g/mol. The first-order valence-corrected chi connectivity index (χ1v) is 14.0. The van der Waals surface area contributed by atoms with Gasteiger partial charge >= 0.3 is 12.1 Å². The van der Waals surface area contributed by atoms with Crippen LogP contribution >= 0.6 is 0 Å². The van der Waals surface area contributed by atoms with E-state index in [4.69, 9.17) is 9.47 Å². The molecule has 39 heavy (non-hydrogen) atoms. The molecule has 0 saturated heterocycles. The minimum absolute atomic E-state index is 0.0305. The zero-order chi connectivity index (χ0) is 29.5. The Balaban J connectivity index is 2.48. The standard InChI is InChI=1S/C30H47N3O6/c1-10-18(3)25(32-29(37)39-30(7,8)9)28(36)33(23-17-21(23)6)26(22-13-12-19(4)20(5)16-22)27(35)31-15-14-24(34)38-11-2/h12-13,16,18,21,23,25-26H,10-11,14-15,17H2,1-9H3,(H,31,35)(H,32,37). The lowest BCUT2D eigenvalue weighted by Crippen LogP contribution is -2.56. The molecule has 3 amide bonds. The van der Waals surface area contributed by atoms with Crippen molar-refractivity contribution in [3.63, 3.8) is 0 Å². The first-order chi connectivity index (χ1) is 18.2. The van der Waals surface area contributed by atoms with Crippen molar-refractivity contribution < 1.29 is 28.7 Å². The fraction of sp³-hybridized carbons (Fsp3) is 0.667. The molecule has 1 aromatic carbocycles. The first-order valence-electron chi connectivity index (χ1n) is 14.0. The number of alkyl carbamates (subject to hydrolysis) is 1. The Kier molecular flexibility index (Phi) is 11.4. The quantitative estimate of drug-likeness (QED) is 0.372. The van der Waals surface area contributed by atoms with Crippen molar-refractivity contribution in [1.82, 2.24) is 15.5 Å².